The monoisotopic (exact) mass is 336 g/mol. The first-order valence-corrected chi connectivity index (χ1v) is 8.06. The molecule has 3 rings (SSSR count). The smallest absolute Gasteiger partial charge is 0.336 e. The lowest BCUT2D eigenvalue weighted by atomic mass is 9.97. The molecule has 2 aromatic carbocycles. The van der Waals surface area contributed by atoms with Gasteiger partial charge in [0.15, 0.2) is 0 Å². The Morgan fingerprint density at radius 3 is 2.56 bits per heavy atom. The van der Waals surface area contributed by atoms with Crippen LogP contribution in [0, 0.1) is 0 Å². The molecule has 3 aromatic rings. The lowest BCUT2D eigenvalue weighted by Gasteiger charge is -2.14. The van der Waals surface area contributed by atoms with Crippen molar-refractivity contribution < 1.29 is 14.3 Å². The van der Waals surface area contributed by atoms with Crippen LogP contribution in [0.1, 0.15) is 19.4 Å². The molecule has 0 aliphatic carbocycles. The van der Waals surface area contributed by atoms with Gasteiger partial charge in [-0.1, -0.05) is 42.0 Å². The molecular formula is C21H20O4. The van der Waals surface area contributed by atoms with E-state index in [0.29, 0.717) is 28.7 Å². The zero-order valence-electron chi connectivity index (χ0n) is 14.5. The third-order valence-electron chi connectivity index (χ3n) is 4.08. The van der Waals surface area contributed by atoms with Crippen LogP contribution in [0.4, 0.5) is 0 Å². The lowest BCUT2D eigenvalue weighted by molar-refractivity contribution is 0.410. The van der Waals surface area contributed by atoms with Gasteiger partial charge < -0.3 is 14.3 Å². The van der Waals surface area contributed by atoms with Gasteiger partial charge in [-0.3, -0.25) is 0 Å². The third kappa shape index (κ3) is 3.29. The molecule has 0 saturated carbocycles. The van der Waals surface area contributed by atoms with E-state index < -0.39 is 5.63 Å². The summed E-state index contributed by atoms with van der Waals surface area (Å²) in [5.74, 6) is 0.520. The quantitative estimate of drug-likeness (QED) is 0.555. The van der Waals surface area contributed by atoms with Crippen LogP contribution in [0.5, 0.6) is 11.5 Å². The summed E-state index contributed by atoms with van der Waals surface area (Å²) < 4.78 is 10.9. The molecule has 4 heteroatoms. The van der Waals surface area contributed by atoms with E-state index in [1.807, 2.05) is 50.3 Å². The summed E-state index contributed by atoms with van der Waals surface area (Å²) in [5.41, 5.74) is 3.20. The summed E-state index contributed by atoms with van der Waals surface area (Å²) in [6.45, 7) is 3.96. The zero-order valence-corrected chi connectivity index (χ0v) is 14.5. The molecule has 1 N–H and O–H groups in total. The van der Waals surface area contributed by atoms with Crippen LogP contribution in [-0.2, 0) is 6.42 Å². The Morgan fingerprint density at radius 2 is 1.92 bits per heavy atom. The van der Waals surface area contributed by atoms with E-state index in [1.54, 1.807) is 6.07 Å². The van der Waals surface area contributed by atoms with Crippen LogP contribution < -0.4 is 10.4 Å². The lowest BCUT2D eigenvalue weighted by Crippen LogP contribution is -2.02. The highest BCUT2D eigenvalue weighted by atomic mass is 16.5. The summed E-state index contributed by atoms with van der Waals surface area (Å²) in [6.07, 6.45) is 2.45. The van der Waals surface area contributed by atoms with Crippen molar-refractivity contribution in [2.75, 3.05) is 7.11 Å². The highest BCUT2D eigenvalue weighted by Gasteiger charge is 2.19. The Labute approximate surface area is 146 Å². The van der Waals surface area contributed by atoms with Gasteiger partial charge in [0.05, 0.1) is 12.5 Å². The Morgan fingerprint density at radius 1 is 1.20 bits per heavy atom. The summed E-state index contributed by atoms with van der Waals surface area (Å²) in [4.78, 5) is 12.2. The fourth-order valence-corrected chi connectivity index (χ4v) is 2.86. The van der Waals surface area contributed by atoms with Crippen LogP contribution in [0.25, 0.3) is 22.1 Å². The number of benzene rings is 2. The fraction of sp³-hybridized carbons (Fsp3) is 0.190. The molecule has 1 aromatic heterocycles. The Balaban J connectivity index is 2.41. The van der Waals surface area contributed by atoms with Crippen molar-refractivity contribution in [1.82, 2.24) is 0 Å². The molecule has 0 amide bonds. The molecule has 0 radical (unpaired) electrons. The minimum atomic E-state index is -0.461. The van der Waals surface area contributed by atoms with Crippen molar-refractivity contribution in [2.45, 2.75) is 20.3 Å². The van der Waals surface area contributed by atoms with Gasteiger partial charge in [0, 0.05) is 23.3 Å². The Kier molecular flexibility index (Phi) is 4.61. The molecule has 0 spiro atoms. The van der Waals surface area contributed by atoms with E-state index in [9.17, 15) is 9.90 Å². The van der Waals surface area contributed by atoms with E-state index in [4.69, 9.17) is 9.15 Å². The largest absolute Gasteiger partial charge is 0.507 e. The molecule has 0 saturated heterocycles. The number of allylic oxidation sites excluding steroid dienone is 2. The molecule has 0 bridgehead atoms. The van der Waals surface area contributed by atoms with Gasteiger partial charge >= 0.3 is 5.63 Å². The number of phenols is 1. The second kappa shape index (κ2) is 6.85. The first-order chi connectivity index (χ1) is 12.0. The fourth-order valence-electron chi connectivity index (χ4n) is 2.86. The van der Waals surface area contributed by atoms with Gasteiger partial charge in [-0.2, -0.15) is 0 Å². The average Bonchev–Trinajstić information content (AvgIpc) is 2.60. The molecule has 0 aliphatic rings. The Bertz CT molecular complexity index is 994. The van der Waals surface area contributed by atoms with E-state index >= 15 is 0 Å². The molecule has 0 fully saturated rings. The average molecular weight is 336 g/mol. The van der Waals surface area contributed by atoms with Gasteiger partial charge in [-0.25, -0.2) is 4.79 Å². The highest BCUT2D eigenvalue weighted by molar-refractivity contribution is 6.00. The molecule has 4 nitrogen and oxygen atoms in total. The minimum Gasteiger partial charge on any atom is -0.507 e. The highest BCUT2D eigenvalue weighted by Crippen LogP contribution is 2.40. The second-order valence-electron chi connectivity index (χ2n) is 6.11. The SMILES string of the molecule is COc1cc(O)c(CC=C(C)C)c2oc(=O)cc(-c3ccccc3)c12. The maximum Gasteiger partial charge on any atom is 0.336 e. The molecule has 1 heterocycles. The van der Waals surface area contributed by atoms with Crippen molar-refractivity contribution in [3.8, 4) is 22.6 Å². The summed E-state index contributed by atoms with van der Waals surface area (Å²) in [7, 11) is 1.53. The van der Waals surface area contributed by atoms with E-state index in [0.717, 1.165) is 16.7 Å². The number of hydrogen-bond acceptors (Lipinski definition) is 4. The van der Waals surface area contributed by atoms with Crippen molar-refractivity contribution in [2.24, 2.45) is 0 Å². The molecule has 0 aliphatic heterocycles. The molecule has 0 unspecified atom stereocenters. The maximum atomic E-state index is 12.2. The van der Waals surface area contributed by atoms with Gasteiger partial charge in [-0.15, -0.1) is 0 Å². The van der Waals surface area contributed by atoms with Crippen LogP contribution in [-0.4, -0.2) is 12.2 Å². The number of ether oxygens (including phenoxy) is 1. The topological polar surface area (TPSA) is 59.7 Å². The van der Waals surface area contributed by atoms with Crippen LogP contribution >= 0.6 is 0 Å². The second-order valence-corrected chi connectivity index (χ2v) is 6.11. The van der Waals surface area contributed by atoms with Gasteiger partial charge in [-0.05, 0) is 25.8 Å². The third-order valence-corrected chi connectivity index (χ3v) is 4.08. The van der Waals surface area contributed by atoms with Crippen molar-refractivity contribution in [1.29, 1.82) is 0 Å². The maximum absolute atomic E-state index is 12.2. The summed E-state index contributed by atoms with van der Waals surface area (Å²) in [6, 6.07) is 12.6. The van der Waals surface area contributed by atoms with Crippen LogP contribution in [0.2, 0.25) is 0 Å². The van der Waals surface area contributed by atoms with Crippen molar-refractivity contribution >= 4 is 11.0 Å². The minimum absolute atomic E-state index is 0.0511. The zero-order chi connectivity index (χ0) is 18.0. The van der Waals surface area contributed by atoms with Gasteiger partial charge in [0.1, 0.15) is 17.1 Å². The molecule has 128 valence electrons. The molecule has 0 atom stereocenters. The first kappa shape index (κ1) is 16.8. The Hall–Kier alpha value is -3.01. The van der Waals surface area contributed by atoms with Crippen LogP contribution in [0.3, 0.4) is 0 Å². The number of hydrogen-bond donors (Lipinski definition) is 1. The number of aromatic hydroxyl groups is 1. The van der Waals surface area contributed by atoms with E-state index in [-0.39, 0.29) is 5.75 Å². The molecule has 25 heavy (non-hydrogen) atoms. The van der Waals surface area contributed by atoms with Crippen molar-refractivity contribution in [3.63, 3.8) is 0 Å². The normalized spacial score (nSPS) is 10.7. The predicted molar refractivity (Wildman–Crippen MR) is 99.3 cm³/mol. The van der Waals surface area contributed by atoms with Crippen molar-refractivity contribution in [3.05, 3.63) is 70.1 Å². The summed E-state index contributed by atoms with van der Waals surface area (Å²) >= 11 is 0. The first-order valence-electron chi connectivity index (χ1n) is 8.06. The number of phenolic OH excluding ortho intramolecular Hbond substituents is 1. The van der Waals surface area contributed by atoms with Gasteiger partial charge in [0.2, 0.25) is 0 Å². The number of rotatable bonds is 4. The summed E-state index contributed by atoms with van der Waals surface area (Å²) in [5, 5.41) is 11.1. The number of methoxy groups -OCH3 is 1. The predicted octanol–water partition coefficient (Wildman–Crippen LogP) is 4.68. The standard InChI is InChI=1S/C21H20O4/c1-13(2)9-10-15-17(22)12-18(24-3)20-16(11-19(23)25-21(15)20)14-7-5-4-6-8-14/h4-9,11-12,22H,10H2,1-3H3. The van der Waals surface area contributed by atoms with Gasteiger partial charge in [0.25, 0.3) is 0 Å². The van der Waals surface area contributed by atoms with Crippen LogP contribution in [0.15, 0.2) is 63.3 Å². The van der Waals surface area contributed by atoms with E-state index in [1.165, 1.54) is 13.2 Å². The molecular weight excluding hydrogens is 316 g/mol. The van der Waals surface area contributed by atoms with E-state index in [2.05, 4.69) is 0 Å². The number of fused-ring (bicyclic) bond motifs is 1.